The van der Waals surface area contributed by atoms with Crippen LogP contribution >= 0.6 is 15.8 Å². The van der Waals surface area contributed by atoms with Crippen LogP contribution < -0.4 is 0 Å². The number of rotatable bonds is 3. The number of hydrogen-bond acceptors (Lipinski definition) is 3. The standard InChI is InChI=1S/3C3H5.3Bi.3S/c3*1-2-3-1;;;;;;/h3*1H,2-3H2;;;;;;. The summed E-state index contributed by atoms with van der Waals surface area (Å²) in [6, 6.07) is 0. The number of hydrogen-bond donors (Lipinski definition) is 0. The Kier molecular flexibility index (Phi) is 4.34. The second-order valence-electron chi connectivity index (χ2n) is 4.79. The molecule has 0 aromatic heterocycles. The van der Waals surface area contributed by atoms with Crippen LogP contribution in [0.25, 0.3) is 0 Å². The van der Waals surface area contributed by atoms with E-state index >= 15 is 0 Å². The molecule has 6 heteroatoms. The zero-order valence-corrected chi connectivity index (χ0v) is 21.4. The molecule has 0 unspecified atom stereocenters. The molecule has 0 radical (unpaired) electrons. The van der Waals surface area contributed by atoms with Crippen LogP contribution in [0, 0.1) is 0 Å². The Hall–Kier alpha value is 3.70. The van der Waals surface area contributed by atoms with Gasteiger partial charge in [0.25, 0.3) is 0 Å². The van der Waals surface area contributed by atoms with Crippen LogP contribution in [-0.4, -0.2) is 56.5 Å². The molecule has 1 saturated heterocycles. The van der Waals surface area contributed by atoms with Gasteiger partial charge in [-0.1, -0.05) is 0 Å². The van der Waals surface area contributed by atoms with E-state index in [4.69, 9.17) is 0 Å². The molecule has 0 atom stereocenters. The van der Waals surface area contributed by atoms with Crippen molar-refractivity contribution < 1.29 is 0 Å². The average Bonchev–Trinajstić information content (AvgIpc) is 3.20. The SMILES string of the molecule is C1C[CH]1[Bi]1[S][Bi]([CH]2CC2)[S][Bi]([CH]2CC2)[S]1. The van der Waals surface area contributed by atoms with E-state index in [1.165, 1.54) is 10.9 Å². The van der Waals surface area contributed by atoms with Gasteiger partial charge in [0, 0.05) is 0 Å². The van der Waals surface area contributed by atoms with Crippen molar-refractivity contribution in [1.82, 2.24) is 0 Å². The normalized spacial score (nSPS) is 36.0. The molecule has 0 nitrogen and oxygen atoms in total. The molecule has 4 rings (SSSR count). The minimum atomic E-state index is -0.902. The first-order chi connectivity index (χ1) is 7.40. The summed E-state index contributed by atoms with van der Waals surface area (Å²) in [5, 5.41) is 8.42. The van der Waals surface area contributed by atoms with Gasteiger partial charge in [-0.2, -0.15) is 0 Å². The molecule has 3 aliphatic carbocycles. The molecule has 0 aromatic carbocycles. The van der Waals surface area contributed by atoms with E-state index in [-0.39, 0.29) is 0 Å². The Labute approximate surface area is 119 Å². The van der Waals surface area contributed by atoms with Crippen LogP contribution in [0.4, 0.5) is 0 Å². The van der Waals surface area contributed by atoms with Crippen LogP contribution in [0.15, 0.2) is 0 Å². The van der Waals surface area contributed by atoms with E-state index in [1.54, 1.807) is 38.5 Å². The Bertz CT molecular complexity index is 217. The van der Waals surface area contributed by atoms with Crippen molar-refractivity contribution in [2.24, 2.45) is 0 Å². The molecule has 0 N–H and O–H groups in total. The molecule has 15 heavy (non-hydrogen) atoms. The first kappa shape index (κ1) is 12.4. The van der Waals surface area contributed by atoms with E-state index in [1.807, 2.05) is 0 Å². The predicted octanol–water partition coefficient (Wildman–Crippen LogP) is 4.16. The van der Waals surface area contributed by atoms with Gasteiger partial charge in [-0.3, -0.25) is 0 Å². The van der Waals surface area contributed by atoms with E-state index in [0.29, 0.717) is 0 Å². The zero-order chi connectivity index (χ0) is 9.83. The maximum absolute atomic E-state index is 2.81. The van der Waals surface area contributed by atoms with Gasteiger partial charge in [0.1, 0.15) is 0 Å². The summed E-state index contributed by atoms with van der Waals surface area (Å²) >= 11 is -2.71. The van der Waals surface area contributed by atoms with E-state index in [2.05, 4.69) is 15.8 Å². The van der Waals surface area contributed by atoms with Crippen molar-refractivity contribution in [3.05, 3.63) is 0 Å². The Balaban J connectivity index is 1.46. The molecule has 0 spiro atoms. The molecule has 4 aliphatic rings. The van der Waals surface area contributed by atoms with Gasteiger partial charge in [-0.05, 0) is 0 Å². The zero-order valence-electron chi connectivity index (χ0n) is 8.54. The fourth-order valence-corrected chi connectivity index (χ4v) is 567. The third-order valence-electron chi connectivity index (χ3n) is 3.02. The first-order valence-corrected chi connectivity index (χ1v) is 39.6. The van der Waals surface area contributed by atoms with E-state index in [0.717, 1.165) is 0 Å². The summed E-state index contributed by atoms with van der Waals surface area (Å²) in [6.45, 7) is 0. The molecule has 0 bridgehead atoms. The van der Waals surface area contributed by atoms with E-state index in [9.17, 15) is 0 Å². The van der Waals surface area contributed by atoms with Crippen molar-refractivity contribution in [2.75, 3.05) is 0 Å². The van der Waals surface area contributed by atoms with Crippen LogP contribution in [0.1, 0.15) is 38.5 Å². The van der Waals surface area contributed by atoms with Crippen molar-refractivity contribution in [1.29, 1.82) is 0 Å². The predicted molar refractivity (Wildman–Crippen MR) is 79.0 cm³/mol. The van der Waals surface area contributed by atoms with Gasteiger partial charge in [-0.15, -0.1) is 0 Å². The molecule has 0 amide bonds. The maximum atomic E-state index is 2.81. The fourth-order valence-electron chi connectivity index (χ4n) is 1.54. The summed E-state index contributed by atoms with van der Waals surface area (Å²) in [5.41, 5.74) is 0. The van der Waals surface area contributed by atoms with Gasteiger partial charge in [0.15, 0.2) is 0 Å². The summed E-state index contributed by atoms with van der Waals surface area (Å²) in [4.78, 5) is 0. The van der Waals surface area contributed by atoms with Crippen molar-refractivity contribution in [2.45, 2.75) is 49.4 Å². The topological polar surface area (TPSA) is 0 Å². The summed E-state index contributed by atoms with van der Waals surface area (Å²) in [5.74, 6) is 0. The van der Waals surface area contributed by atoms with Gasteiger partial charge in [-0.25, -0.2) is 0 Å². The molecular weight excluding hydrogens is 831 g/mol. The van der Waals surface area contributed by atoms with Crippen LogP contribution in [0.5, 0.6) is 0 Å². The van der Waals surface area contributed by atoms with Crippen molar-refractivity contribution in [3.63, 3.8) is 0 Å². The van der Waals surface area contributed by atoms with Gasteiger partial charge in [0.2, 0.25) is 0 Å². The minimum absolute atomic E-state index is 0.902. The van der Waals surface area contributed by atoms with E-state index < -0.39 is 56.5 Å². The van der Waals surface area contributed by atoms with Crippen LogP contribution in [0.2, 0.25) is 10.9 Å². The van der Waals surface area contributed by atoms with Crippen LogP contribution in [-0.2, 0) is 0 Å². The van der Waals surface area contributed by atoms with Gasteiger partial charge in [0.05, 0.1) is 0 Å². The van der Waals surface area contributed by atoms with Gasteiger partial charge >= 0.3 is 122 Å². The second-order valence-corrected chi connectivity index (χ2v) is 103. The third kappa shape index (κ3) is 3.24. The first-order valence-electron chi connectivity index (χ1n) is 5.82. The quantitative estimate of drug-likeness (QED) is 0.393. The Morgan fingerprint density at radius 2 is 0.800 bits per heavy atom. The van der Waals surface area contributed by atoms with Crippen molar-refractivity contribution in [3.8, 4) is 0 Å². The molecular formula is C9H15Bi3S3. The average molecular weight is 846 g/mol. The molecule has 4 fully saturated rings. The second kappa shape index (κ2) is 5.24. The summed E-state index contributed by atoms with van der Waals surface area (Å²) in [7, 11) is 0. The molecule has 84 valence electrons. The molecule has 3 saturated carbocycles. The Morgan fingerprint density at radius 1 is 0.533 bits per heavy atom. The molecule has 1 heterocycles. The summed E-state index contributed by atoms with van der Waals surface area (Å²) < 4.78 is 4.22. The monoisotopic (exact) mass is 846 g/mol. The van der Waals surface area contributed by atoms with Crippen molar-refractivity contribution >= 4 is 72.3 Å². The third-order valence-corrected chi connectivity index (χ3v) is 235. The van der Waals surface area contributed by atoms with Crippen LogP contribution in [0.3, 0.4) is 0 Å². The fraction of sp³-hybridized carbons (Fsp3) is 1.00. The summed E-state index contributed by atoms with van der Waals surface area (Å²) in [6.07, 6.45) is 10.1. The molecule has 1 aliphatic heterocycles. The van der Waals surface area contributed by atoms with Gasteiger partial charge < -0.3 is 0 Å². The molecule has 0 aromatic rings. The Morgan fingerprint density at radius 3 is 1.00 bits per heavy atom.